The number of hydrogen-bond donors (Lipinski definition) is 0. The Morgan fingerprint density at radius 3 is 2.52 bits per heavy atom. The largest absolute Gasteiger partial charge is 0.359 e. The number of anilines is 1. The van der Waals surface area contributed by atoms with Gasteiger partial charge in [-0.2, -0.15) is 0 Å². The zero-order valence-electron chi connectivity index (χ0n) is 13.1. The fourth-order valence-corrected chi connectivity index (χ4v) is 2.89. The second-order valence-electron chi connectivity index (χ2n) is 5.65. The quantitative estimate of drug-likeness (QED) is 0.783. The molecule has 0 amide bonds. The molecule has 21 heavy (non-hydrogen) atoms. The van der Waals surface area contributed by atoms with Crippen molar-refractivity contribution in [3.8, 4) is 11.3 Å². The van der Waals surface area contributed by atoms with Crippen LogP contribution in [0.15, 0.2) is 55.0 Å². The summed E-state index contributed by atoms with van der Waals surface area (Å²) in [7, 11) is 4.20. The van der Waals surface area contributed by atoms with Crippen molar-refractivity contribution in [1.82, 2.24) is 4.90 Å². The summed E-state index contributed by atoms with van der Waals surface area (Å²) in [6, 6.07) is 12.9. The van der Waals surface area contributed by atoms with Crippen molar-refractivity contribution in [3.05, 3.63) is 60.6 Å². The van der Waals surface area contributed by atoms with Crippen molar-refractivity contribution in [3.63, 3.8) is 0 Å². The molecule has 1 aliphatic heterocycles. The highest BCUT2D eigenvalue weighted by molar-refractivity contribution is 5.71. The highest BCUT2D eigenvalue weighted by Crippen LogP contribution is 2.32. The van der Waals surface area contributed by atoms with Crippen molar-refractivity contribution in [2.24, 2.45) is 7.05 Å². The lowest BCUT2D eigenvalue weighted by molar-refractivity contribution is -0.660. The third-order valence-electron chi connectivity index (χ3n) is 4.37. The number of nitrogens with zero attached hydrogens (tertiary/aromatic N) is 3. The van der Waals surface area contributed by atoms with Gasteiger partial charge < -0.3 is 9.80 Å². The summed E-state index contributed by atoms with van der Waals surface area (Å²) in [5, 5.41) is 0. The first-order valence-corrected chi connectivity index (χ1v) is 7.33. The van der Waals surface area contributed by atoms with Crippen molar-refractivity contribution < 1.29 is 4.57 Å². The Bertz CT molecular complexity index is 691. The molecule has 1 atom stereocenters. The van der Waals surface area contributed by atoms with Gasteiger partial charge in [0, 0.05) is 37.3 Å². The van der Waals surface area contributed by atoms with Crippen molar-refractivity contribution in [2.75, 3.05) is 11.9 Å². The molecule has 1 aromatic heterocycles. The fraction of sp³-hybridized carbons (Fsp3) is 0.278. The van der Waals surface area contributed by atoms with E-state index in [-0.39, 0.29) is 0 Å². The molecule has 0 bridgehead atoms. The molecular formula is C18H22N3+. The zero-order chi connectivity index (χ0) is 15.0. The van der Waals surface area contributed by atoms with Gasteiger partial charge in [0.05, 0.1) is 5.56 Å². The highest BCUT2D eigenvalue weighted by Gasteiger charge is 2.23. The Hall–Kier alpha value is -2.29. The van der Waals surface area contributed by atoms with Crippen LogP contribution in [0.1, 0.15) is 12.5 Å². The first-order valence-electron chi connectivity index (χ1n) is 7.33. The van der Waals surface area contributed by atoms with Crippen LogP contribution >= 0.6 is 0 Å². The molecule has 0 aliphatic carbocycles. The lowest BCUT2D eigenvalue weighted by Crippen LogP contribution is -2.34. The van der Waals surface area contributed by atoms with Gasteiger partial charge >= 0.3 is 0 Å². The highest BCUT2D eigenvalue weighted by atomic mass is 15.4. The Labute approximate surface area is 126 Å². The molecule has 1 aromatic carbocycles. The maximum absolute atomic E-state index is 2.32. The molecule has 0 saturated carbocycles. The molecule has 108 valence electrons. The van der Waals surface area contributed by atoms with Crippen LogP contribution in [0.2, 0.25) is 0 Å². The molecular weight excluding hydrogens is 258 g/mol. The summed E-state index contributed by atoms with van der Waals surface area (Å²) in [6.07, 6.45) is 6.72. The zero-order valence-corrected chi connectivity index (χ0v) is 13.1. The van der Waals surface area contributed by atoms with E-state index in [1.165, 1.54) is 22.5 Å². The van der Waals surface area contributed by atoms with E-state index in [9.17, 15) is 0 Å². The van der Waals surface area contributed by atoms with E-state index in [0.717, 1.165) is 0 Å². The smallest absolute Gasteiger partial charge is 0.212 e. The average molecular weight is 280 g/mol. The van der Waals surface area contributed by atoms with Gasteiger partial charge in [0.15, 0.2) is 6.20 Å². The van der Waals surface area contributed by atoms with Crippen LogP contribution < -0.4 is 9.47 Å². The predicted octanol–water partition coefficient (Wildman–Crippen LogP) is 3.06. The summed E-state index contributed by atoms with van der Waals surface area (Å²) >= 11 is 0. The Morgan fingerprint density at radius 2 is 1.86 bits per heavy atom. The Balaban J connectivity index is 2.08. The predicted molar refractivity (Wildman–Crippen MR) is 86.6 cm³/mol. The molecule has 0 saturated heterocycles. The van der Waals surface area contributed by atoms with Crippen LogP contribution in [0, 0.1) is 6.92 Å². The summed E-state index contributed by atoms with van der Waals surface area (Å²) in [5.41, 5.74) is 5.10. The van der Waals surface area contributed by atoms with Gasteiger partial charge in [0.1, 0.15) is 13.2 Å². The molecule has 0 N–H and O–H groups in total. The number of pyridine rings is 1. The second-order valence-corrected chi connectivity index (χ2v) is 5.65. The van der Waals surface area contributed by atoms with Crippen LogP contribution in [0.25, 0.3) is 11.3 Å². The lowest BCUT2D eigenvalue weighted by atomic mass is 10.0. The van der Waals surface area contributed by atoms with Crippen molar-refractivity contribution >= 4 is 5.69 Å². The molecule has 3 rings (SSSR count). The van der Waals surface area contributed by atoms with E-state index in [2.05, 4.69) is 97.3 Å². The van der Waals surface area contributed by atoms with Crippen LogP contribution in [0.3, 0.4) is 0 Å². The van der Waals surface area contributed by atoms with Gasteiger partial charge in [-0.25, -0.2) is 4.57 Å². The van der Waals surface area contributed by atoms with Crippen LogP contribution in [0.5, 0.6) is 0 Å². The minimum absolute atomic E-state index is 0.350. The average Bonchev–Trinajstić information content (AvgIpc) is 2.80. The van der Waals surface area contributed by atoms with Crippen LogP contribution in [-0.4, -0.2) is 18.1 Å². The van der Waals surface area contributed by atoms with Crippen molar-refractivity contribution in [1.29, 1.82) is 0 Å². The van der Waals surface area contributed by atoms with Gasteiger partial charge in [-0.15, -0.1) is 0 Å². The first kappa shape index (κ1) is 13.7. The van der Waals surface area contributed by atoms with Gasteiger partial charge in [-0.1, -0.05) is 6.07 Å². The van der Waals surface area contributed by atoms with E-state index >= 15 is 0 Å². The van der Waals surface area contributed by atoms with Gasteiger partial charge in [-0.3, -0.25) is 0 Å². The van der Waals surface area contributed by atoms with Gasteiger partial charge in [-0.05, 0) is 37.6 Å². The fourth-order valence-electron chi connectivity index (χ4n) is 2.89. The molecule has 3 heteroatoms. The van der Waals surface area contributed by atoms with Crippen LogP contribution in [-0.2, 0) is 7.05 Å². The van der Waals surface area contributed by atoms with Gasteiger partial charge in [0.25, 0.3) is 0 Å². The van der Waals surface area contributed by atoms with E-state index in [1.54, 1.807) is 0 Å². The first-order chi connectivity index (χ1) is 10.1. The summed E-state index contributed by atoms with van der Waals surface area (Å²) in [6.45, 7) is 4.42. The number of benzene rings is 1. The number of rotatable bonds is 2. The molecule has 0 fully saturated rings. The topological polar surface area (TPSA) is 10.4 Å². The summed E-state index contributed by atoms with van der Waals surface area (Å²) < 4.78 is 2.17. The second kappa shape index (κ2) is 5.24. The Kier molecular flexibility index (Phi) is 3.42. The van der Waals surface area contributed by atoms with Gasteiger partial charge in [0.2, 0.25) is 5.69 Å². The van der Waals surface area contributed by atoms with E-state index in [1.807, 2.05) is 0 Å². The molecule has 3 nitrogen and oxygen atoms in total. The standard InChI is InChI=1S/C18H22N3/c1-14-16(18-9-5-6-11-20(18)4)8-7-10-17(14)21-13-12-19(3)15(21)2/h5-13,15H,1-4H3/q+1/t15-/m1/s1. The third-order valence-corrected chi connectivity index (χ3v) is 4.37. The maximum Gasteiger partial charge on any atom is 0.212 e. The van der Waals surface area contributed by atoms with Crippen LogP contribution in [0.4, 0.5) is 5.69 Å². The molecule has 2 aromatic rings. The summed E-state index contributed by atoms with van der Waals surface area (Å²) in [5.74, 6) is 0. The Morgan fingerprint density at radius 1 is 1.05 bits per heavy atom. The molecule has 0 radical (unpaired) electrons. The van der Waals surface area contributed by atoms with E-state index in [4.69, 9.17) is 0 Å². The maximum atomic E-state index is 2.32. The minimum atomic E-state index is 0.350. The minimum Gasteiger partial charge on any atom is -0.359 e. The number of hydrogen-bond acceptors (Lipinski definition) is 2. The lowest BCUT2D eigenvalue weighted by Gasteiger charge is -2.28. The van der Waals surface area contributed by atoms with E-state index < -0.39 is 0 Å². The third kappa shape index (κ3) is 2.29. The molecule has 2 heterocycles. The summed E-state index contributed by atoms with van der Waals surface area (Å²) in [4.78, 5) is 4.54. The monoisotopic (exact) mass is 280 g/mol. The molecule has 1 aliphatic rings. The molecule has 0 unspecified atom stereocenters. The SMILES string of the molecule is Cc1c(-c2cccc[n+]2C)cccc1N1C=CN(C)[C@H]1C. The normalized spacial score (nSPS) is 17.6. The number of aromatic nitrogens is 1. The molecule has 0 spiro atoms. The van der Waals surface area contributed by atoms with Crippen molar-refractivity contribution in [2.45, 2.75) is 20.0 Å². The number of aryl methyl sites for hydroxylation is 1. The van der Waals surface area contributed by atoms with E-state index in [0.29, 0.717) is 6.17 Å².